The highest BCUT2D eigenvalue weighted by Gasteiger charge is 2.24. The van der Waals surface area contributed by atoms with E-state index >= 15 is 0 Å². The molecule has 1 heterocycles. The lowest BCUT2D eigenvalue weighted by Gasteiger charge is -2.08. The van der Waals surface area contributed by atoms with Crippen molar-refractivity contribution in [3.8, 4) is 5.75 Å². The van der Waals surface area contributed by atoms with Crippen LogP contribution in [-0.4, -0.2) is 30.7 Å². The Hall–Kier alpha value is -2.50. The van der Waals surface area contributed by atoms with Gasteiger partial charge in [-0.3, -0.25) is 14.2 Å². The van der Waals surface area contributed by atoms with Crippen LogP contribution in [0.4, 0.5) is 0 Å². The predicted molar refractivity (Wildman–Crippen MR) is 105 cm³/mol. The van der Waals surface area contributed by atoms with Crippen molar-refractivity contribution in [2.24, 2.45) is 0 Å². The maximum Gasteiger partial charge on any atom is 0.310 e. The molecular weight excluding hydrogens is 389 g/mol. The van der Waals surface area contributed by atoms with Crippen molar-refractivity contribution in [2.45, 2.75) is 13.3 Å². The second kappa shape index (κ2) is 7.62. The molecule has 0 amide bonds. The molecule has 3 aromatic rings. The summed E-state index contributed by atoms with van der Waals surface area (Å²) in [7, 11) is 2.83. The first-order valence-corrected chi connectivity index (χ1v) is 8.88. The molecule has 0 unspecified atom stereocenters. The van der Waals surface area contributed by atoms with Gasteiger partial charge in [0.15, 0.2) is 0 Å². The minimum absolute atomic E-state index is 0.00732. The summed E-state index contributed by atoms with van der Waals surface area (Å²) in [5.41, 5.74) is 2.31. The van der Waals surface area contributed by atoms with E-state index in [2.05, 4.69) is 0 Å². The number of rotatable bonds is 4. The molecule has 0 atom stereocenters. The fourth-order valence-corrected chi connectivity index (χ4v) is 3.57. The van der Waals surface area contributed by atoms with Gasteiger partial charge in [0, 0.05) is 21.7 Å². The molecule has 0 bridgehead atoms. The van der Waals surface area contributed by atoms with E-state index in [1.54, 1.807) is 47.9 Å². The van der Waals surface area contributed by atoms with Gasteiger partial charge in [0.2, 0.25) is 0 Å². The Morgan fingerprint density at radius 1 is 1.04 bits per heavy atom. The molecule has 27 heavy (non-hydrogen) atoms. The highest BCUT2D eigenvalue weighted by atomic mass is 35.5. The number of halogens is 2. The van der Waals surface area contributed by atoms with Gasteiger partial charge in [-0.25, -0.2) is 0 Å². The molecule has 0 aliphatic carbocycles. The van der Waals surface area contributed by atoms with Gasteiger partial charge in [-0.2, -0.15) is 0 Å². The SMILES string of the molecule is COC(=O)Cc1c(C)n(C(=O)c2ccc(Cl)cc2)c2ccc(OC)c(Cl)c12. The first-order valence-electron chi connectivity index (χ1n) is 8.12. The number of methoxy groups -OCH3 is 2. The Morgan fingerprint density at radius 3 is 2.30 bits per heavy atom. The highest BCUT2D eigenvalue weighted by Crippen LogP contribution is 2.38. The summed E-state index contributed by atoms with van der Waals surface area (Å²) in [4.78, 5) is 25.1. The zero-order valence-corrected chi connectivity index (χ0v) is 16.5. The molecule has 2 aromatic carbocycles. The third-order valence-electron chi connectivity index (χ3n) is 4.46. The summed E-state index contributed by atoms with van der Waals surface area (Å²) in [6.07, 6.45) is -0.00732. The van der Waals surface area contributed by atoms with E-state index in [0.29, 0.717) is 43.5 Å². The lowest BCUT2D eigenvalue weighted by Crippen LogP contribution is -2.14. The van der Waals surface area contributed by atoms with Crippen molar-refractivity contribution in [1.82, 2.24) is 4.57 Å². The normalized spacial score (nSPS) is 10.9. The van der Waals surface area contributed by atoms with E-state index in [0.717, 1.165) is 0 Å². The smallest absolute Gasteiger partial charge is 0.310 e. The summed E-state index contributed by atoms with van der Waals surface area (Å²) in [5, 5.41) is 1.49. The van der Waals surface area contributed by atoms with Gasteiger partial charge in [-0.05, 0) is 48.9 Å². The van der Waals surface area contributed by atoms with Crippen molar-refractivity contribution >= 4 is 46.0 Å². The van der Waals surface area contributed by atoms with E-state index in [4.69, 9.17) is 32.7 Å². The molecule has 5 nitrogen and oxygen atoms in total. The molecule has 0 radical (unpaired) electrons. The van der Waals surface area contributed by atoms with Crippen molar-refractivity contribution < 1.29 is 19.1 Å². The molecule has 0 aliphatic rings. The molecule has 1 aromatic heterocycles. The Labute approximate surface area is 166 Å². The average molecular weight is 406 g/mol. The minimum Gasteiger partial charge on any atom is -0.495 e. The van der Waals surface area contributed by atoms with E-state index < -0.39 is 5.97 Å². The first-order chi connectivity index (χ1) is 12.9. The number of ether oxygens (including phenoxy) is 2. The number of esters is 1. The number of carbonyl (C=O) groups is 2. The van der Waals surface area contributed by atoms with Crippen molar-refractivity contribution in [3.63, 3.8) is 0 Å². The number of benzene rings is 2. The zero-order valence-electron chi connectivity index (χ0n) is 15.0. The van der Waals surface area contributed by atoms with Crippen LogP contribution in [-0.2, 0) is 16.0 Å². The van der Waals surface area contributed by atoms with Gasteiger partial charge in [-0.15, -0.1) is 0 Å². The summed E-state index contributed by atoms with van der Waals surface area (Å²) < 4.78 is 11.6. The topological polar surface area (TPSA) is 57.5 Å². The Morgan fingerprint density at radius 2 is 1.70 bits per heavy atom. The van der Waals surface area contributed by atoms with Crippen LogP contribution in [0, 0.1) is 6.92 Å². The maximum absolute atomic E-state index is 13.2. The molecular formula is C20H17Cl2NO4. The number of nitrogens with zero attached hydrogens (tertiary/aromatic N) is 1. The van der Waals surface area contributed by atoms with E-state index in [1.807, 2.05) is 0 Å². The second-order valence-electron chi connectivity index (χ2n) is 5.94. The maximum atomic E-state index is 13.2. The van der Waals surface area contributed by atoms with Gasteiger partial charge < -0.3 is 9.47 Å². The largest absolute Gasteiger partial charge is 0.495 e. The summed E-state index contributed by atoms with van der Waals surface area (Å²) in [6, 6.07) is 10.1. The van der Waals surface area contributed by atoms with Gasteiger partial charge in [0.25, 0.3) is 5.91 Å². The number of hydrogen-bond acceptors (Lipinski definition) is 4. The molecule has 0 spiro atoms. The fourth-order valence-electron chi connectivity index (χ4n) is 3.09. The van der Waals surface area contributed by atoms with Crippen LogP contribution in [0.3, 0.4) is 0 Å². The van der Waals surface area contributed by atoms with Crippen LogP contribution in [0.5, 0.6) is 5.75 Å². The molecule has 140 valence electrons. The van der Waals surface area contributed by atoms with Crippen LogP contribution in [0.15, 0.2) is 36.4 Å². The standard InChI is InChI=1S/C20H17Cl2NO4/c1-11-14(10-17(24)27-3)18-15(8-9-16(26-2)19(18)22)23(11)20(25)12-4-6-13(21)7-5-12/h4-9H,10H2,1-3H3. The fraction of sp³-hybridized carbons (Fsp3) is 0.200. The monoisotopic (exact) mass is 405 g/mol. The van der Waals surface area contributed by atoms with E-state index in [1.165, 1.54) is 14.2 Å². The molecule has 3 rings (SSSR count). The van der Waals surface area contributed by atoms with Crippen molar-refractivity contribution in [3.05, 3.63) is 63.3 Å². The first kappa shape index (κ1) is 19.3. The highest BCUT2D eigenvalue weighted by molar-refractivity contribution is 6.37. The molecule has 7 heteroatoms. The quantitative estimate of drug-likeness (QED) is 0.591. The summed E-state index contributed by atoms with van der Waals surface area (Å²) in [6.45, 7) is 1.77. The number of fused-ring (bicyclic) bond motifs is 1. The average Bonchev–Trinajstić information content (AvgIpc) is 2.94. The summed E-state index contributed by atoms with van der Waals surface area (Å²) in [5.74, 6) is -0.201. The van der Waals surface area contributed by atoms with Crippen LogP contribution < -0.4 is 4.74 Å². The Kier molecular flexibility index (Phi) is 5.44. The molecule has 0 saturated carbocycles. The Bertz CT molecular complexity index is 1040. The third-order valence-corrected chi connectivity index (χ3v) is 5.09. The van der Waals surface area contributed by atoms with Crippen molar-refractivity contribution in [2.75, 3.05) is 14.2 Å². The number of carbonyl (C=O) groups excluding carboxylic acids is 2. The lowest BCUT2D eigenvalue weighted by molar-refractivity contribution is -0.139. The molecule has 0 aliphatic heterocycles. The summed E-state index contributed by atoms with van der Waals surface area (Å²) >= 11 is 12.4. The molecule has 0 fully saturated rings. The van der Waals surface area contributed by atoms with Gasteiger partial charge in [0.1, 0.15) is 5.75 Å². The van der Waals surface area contributed by atoms with E-state index in [9.17, 15) is 9.59 Å². The predicted octanol–water partition coefficient (Wildman–Crippen LogP) is 4.67. The molecule has 0 saturated heterocycles. The van der Waals surface area contributed by atoms with Gasteiger partial charge in [0.05, 0.1) is 31.2 Å². The lowest BCUT2D eigenvalue weighted by atomic mass is 10.1. The van der Waals surface area contributed by atoms with Crippen LogP contribution in [0.2, 0.25) is 10.0 Å². The van der Waals surface area contributed by atoms with Gasteiger partial charge >= 0.3 is 5.97 Å². The number of aromatic nitrogens is 1. The zero-order chi connectivity index (χ0) is 19.7. The van der Waals surface area contributed by atoms with Gasteiger partial charge in [-0.1, -0.05) is 23.2 Å². The number of hydrogen-bond donors (Lipinski definition) is 0. The van der Waals surface area contributed by atoms with Crippen LogP contribution in [0.25, 0.3) is 10.9 Å². The van der Waals surface area contributed by atoms with Crippen LogP contribution >= 0.6 is 23.2 Å². The van der Waals surface area contributed by atoms with Crippen molar-refractivity contribution in [1.29, 1.82) is 0 Å². The third kappa shape index (κ3) is 3.40. The van der Waals surface area contributed by atoms with Crippen LogP contribution in [0.1, 0.15) is 21.6 Å². The second-order valence-corrected chi connectivity index (χ2v) is 6.75. The Balaban J connectivity index is 2.28. The minimum atomic E-state index is -0.421. The molecule has 0 N–H and O–H groups in total. The van der Waals surface area contributed by atoms with E-state index in [-0.39, 0.29) is 12.3 Å².